The molecule has 0 amide bonds. The monoisotopic (exact) mass is 235 g/mol. The zero-order chi connectivity index (χ0) is 12.7. The lowest BCUT2D eigenvalue weighted by Gasteiger charge is -2.13. The summed E-state index contributed by atoms with van der Waals surface area (Å²) in [4.78, 5) is 0. The molecule has 0 aliphatic heterocycles. The zero-order valence-electron chi connectivity index (χ0n) is 11.3. The van der Waals surface area contributed by atoms with Crippen LogP contribution in [0.2, 0.25) is 0 Å². The van der Waals surface area contributed by atoms with Gasteiger partial charge in [-0.2, -0.15) is 0 Å². The van der Waals surface area contributed by atoms with Crippen LogP contribution in [0, 0.1) is 5.92 Å². The molecular formula is C15H25NO. The molecule has 0 saturated heterocycles. The zero-order valence-corrected chi connectivity index (χ0v) is 11.3. The van der Waals surface area contributed by atoms with E-state index in [1.807, 2.05) is 0 Å². The average Bonchev–Trinajstić information content (AvgIpc) is 2.34. The van der Waals surface area contributed by atoms with Gasteiger partial charge in [0.05, 0.1) is 12.6 Å². The second-order valence-electron chi connectivity index (χ2n) is 4.96. The number of hydrogen-bond donors (Lipinski definition) is 1. The van der Waals surface area contributed by atoms with Gasteiger partial charge in [-0.3, -0.25) is 0 Å². The Bertz CT molecular complexity index is 305. The Morgan fingerprint density at radius 2 is 1.82 bits per heavy atom. The maximum Gasteiger partial charge on any atom is 0.0659 e. The third-order valence-electron chi connectivity index (χ3n) is 2.95. The van der Waals surface area contributed by atoms with Crippen LogP contribution in [0.1, 0.15) is 44.4 Å². The van der Waals surface area contributed by atoms with E-state index < -0.39 is 0 Å². The Morgan fingerprint density at radius 3 is 2.35 bits per heavy atom. The molecule has 0 aliphatic carbocycles. The summed E-state index contributed by atoms with van der Waals surface area (Å²) in [5.41, 5.74) is 8.59. The van der Waals surface area contributed by atoms with Gasteiger partial charge in [0.2, 0.25) is 0 Å². The predicted molar refractivity (Wildman–Crippen MR) is 73.0 cm³/mol. The molecule has 96 valence electrons. The van der Waals surface area contributed by atoms with Crippen LogP contribution >= 0.6 is 0 Å². The molecule has 0 spiro atoms. The molecule has 0 radical (unpaired) electrons. The molecule has 0 aliphatic rings. The highest BCUT2D eigenvalue weighted by molar-refractivity contribution is 5.24. The van der Waals surface area contributed by atoms with Crippen molar-refractivity contribution in [2.24, 2.45) is 11.7 Å². The van der Waals surface area contributed by atoms with Gasteiger partial charge in [-0.15, -0.1) is 0 Å². The van der Waals surface area contributed by atoms with Crippen molar-refractivity contribution in [3.05, 3.63) is 35.4 Å². The first-order valence-electron chi connectivity index (χ1n) is 6.55. The summed E-state index contributed by atoms with van der Waals surface area (Å²) in [5, 5.41) is 0. The van der Waals surface area contributed by atoms with Gasteiger partial charge in [-0.25, -0.2) is 0 Å². The molecular weight excluding hydrogens is 210 g/mol. The van der Waals surface area contributed by atoms with Gasteiger partial charge in [0.1, 0.15) is 0 Å². The first kappa shape index (κ1) is 14.2. The van der Waals surface area contributed by atoms with E-state index in [2.05, 4.69) is 45.0 Å². The largest absolute Gasteiger partial charge is 0.379 e. The Hall–Kier alpha value is -0.860. The fraction of sp³-hybridized carbons (Fsp3) is 0.600. The first-order valence-corrected chi connectivity index (χ1v) is 6.55. The van der Waals surface area contributed by atoms with Gasteiger partial charge >= 0.3 is 0 Å². The van der Waals surface area contributed by atoms with Crippen LogP contribution in [0.25, 0.3) is 0 Å². The number of ether oxygens (including phenoxy) is 1. The number of aryl methyl sites for hydroxylation is 1. The Morgan fingerprint density at radius 1 is 1.18 bits per heavy atom. The topological polar surface area (TPSA) is 35.2 Å². The minimum Gasteiger partial charge on any atom is -0.379 e. The highest BCUT2D eigenvalue weighted by Crippen LogP contribution is 2.13. The van der Waals surface area contributed by atoms with E-state index in [0.29, 0.717) is 12.5 Å². The van der Waals surface area contributed by atoms with Gasteiger partial charge < -0.3 is 10.5 Å². The van der Waals surface area contributed by atoms with E-state index in [9.17, 15) is 0 Å². The molecule has 0 aromatic heterocycles. The molecule has 1 aromatic carbocycles. The second kappa shape index (κ2) is 7.46. The van der Waals surface area contributed by atoms with Gasteiger partial charge in [-0.1, -0.05) is 45.0 Å². The van der Waals surface area contributed by atoms with E-state index in [1.54, 1.807) is 0 Å². The molecule has 1 unspecified atom stereocenters. The van der Waals surface area contributed by atoms with Crippen molar-refractivity contribution < 1.29 is 4.74 Å². The molecule has 0 fully saturated rings. The van der Waals surface area contributed by atoms with E-state index in [0.717, 1.165) is 25.0 Å². The van der Waals surface area contributed by atoms with Crippen molar-refractivity contribution in [2.75, 3.05) is 13.2 Å². The SMILES string of the molecule is CCc1ccc(C(N)COCCC(C)C)cc1. The van der Waals surface area contributed by atoms with E-state index in [4.69, 9.17) is 10.5 Å². The highest BCUT2D eigenvalue weighted by Gasteiger charge is 2.06. The normalized spacial score (nSPS) is 13.0. The maximum atomic E-state index is 6.08. The van der Waals surface area contributed by atoms with Crippen molar-refractivity contribution in [3.8, 4) is 0 Å². The Kier molecular flexibility index (Phi) is 6.23. The molecule has 17 heavy (non-hydrogen) atoms. The van der Waals surface area contributed by atoms with Crippen LogP contribution in [0.4, 0.5) is 0 Å². The quantitative estimate of drug-likeness (QED) is 0.736. The molecule has 0 bridgehead atoms. The number of rotatable bonds is 7. The lowest BCUT2D eigenvalue weighted by Crippen LogP contribution is -2.17. The fourth-order valence-corrected chi connectivity index (χ4v) is 1.63. The molecule has 1 rings (SSSR count). The fourth-order valence-electron chi connectivity index (χ4n) is 1.63. The minimum atomic E-state index is -0.00642. The van der Waals surface area contributed by atoms with Gasteiger partial charge in [0.25, 0.3) is 0 Å². The van der Waals surface area contributed by atoms with Crippen LogP contribution in [0.15, 0.2) is 24.3 Å². The smallest absolute Gasteiger partial charge is 0.0659 e. The van der Waals surface area contributed by atoms with Gasteiger partial charge in [0, 0.05) is 6.61 Å². The molecule has 2 nitrogen and oxygen atoms in total. The third-order valence-corrected chi connectivity index (χ3v) is 2.95. The van der Waals surface area contributed by atoms with Crippen LogP contribution in [0.5, 0.6) is 0 Å². The maximum absolute atomic E-state index is 6.08. The summed E-state index contributed by atoms with van der Waals surface area (Å²) < 4.78 is 5.59. The van der Waals surface area contributed by atoms with E-state index in [-0.39, 0.29) is 6.04 Å². The highest BCUT2D eigenvalue weighted by atomic mass is 16.5. The summed E-state index contributed by atoms with van der Waals surface area (Å²) in [6.45, 7) is 7.97. The first-order chi connectivity index (χ1) is 8.13. The van der Waals surface area contributed by atoms with Crippen LogP contribution in [-0.4, -0.2) is 13.2 Å². The third kappa shape index (κ3) is 5.33. The molecule has 2 N–H and O–H groups in total. The van der Waals surface area contributed by atoms with Crippen molar-refractivity contribution in [2.45, 2.75) is 39.7 Å². The lowest BCUT2D eigenvalue weighted by molar-refractivity contribution is 0.111. The number of nitrogens with two attached hydrogens (primary N) is 1. The van der Waals surface area contributed by atoms with Gasteiger partial charge in [0.15, 0.2) is 0 Å². The molecule has 0 heterocycles. The Labute approximate surface area is 105 Å². The van der Waals surface area contributed by atoms with E-state index >= 15 is 0 Å². The van der Waals surface area contributed by atoms with Gasteiger partial charge in [-0.05, 0) is 29.9 Å². The summed E-state index contributed by atoms with van der Waals surface area (Å²) in [6.07, 6.45) is 2.17. The lowest BCUT2D eigenvalue weighted by atomic mass is 10.1. The van der Waals surface area contributed by atoms with Crippen molar-refractivity contribution in [3.63, 3.8) is 0 Å². The number of benzene rings is 1. The summed E-state index contributed by atoms with van der Waals surface area (Å²) in [5.74, 6) is 0.690. The van der Waals surface area contributed by atoms with Crippen molar-refractivity contribution in [1.29, 1.82) is 0 Å². The molecule has 2 heteroatoms. The van der Waals surface area contributed by atoms with Crippen LogP contribution in [0.3, 0.4) is 0 Å². The van der Waals surface area contributed by atoms with E-state index in [1.165, 1.54) is 5.56 Å². The molecule has 0 saturated carbocycles. The Balaban J connectivity index is 2.33. The van der Waals surface area contributed by atoms with Crippen LogP contribution < -0.4 is 5.73 Å². The average molecular weight is 235 g/mol. The minimum absolute atomic E-state index is 0.00642. The van der Waals surface area contributed by atoms with Crippen molar-refractivity contribution >= 4 is 0 Å². The van der Waals surface area contributed by atoms with Crippen molar-refractivity contribution in [1.82, 2.24) is 0 Å². The second-order valence-corrected chi connectivity index (χ2v) is 4.96. The van der Waals surface area contributed by atoms with Crippen LogP contribution in [-0.2, 0) is 11.2 Å². The summed E-state index contributed by atoms with van der Waals surface area (Å²) >= 11 is 0. The molecule has 1 aromatic rings. The standard InChI is InChI=1S/C15H25NO/c1-4-13-5-7-14(8-6-13)15(16)11-17-10-9-12(2)3/h5-8,12,15H,4,9-11,16H2,1-3H3. The predicted octanol–water partition coefficient (Wildman–Crippen LogP) is 3.31. The summed E-state index contributed by atoms with van der Waals surface area (Å²) in [7, 11) is 0. The molecule has 1 atom stereocenters. The summed E-state index contributed by atoms with van der Waals surface area (Å²) in [6, 6.07) is 8.49. The number of hydrogen-bond acceptors (Lipinski definition) is 2.